The lowest BCUT2D eigenvalue weighted by atomic mass is 10.2. The Bertz CT molecular complexity index is 620. The van der Waals surface area contributed by atoms with Gasteiger partial charge in [0.05, 0.1) is 6.42 Å². The lowest BCUT2D eigenvalue weighted by molar-refractivity contribution is -0.142. The van der Waals surface area contributed by atoms with Gasteiger partial charge in [-0.25, -0.2) is 0 Å². The van der Waals surface area contributed by atoms with Crippen LogP contribution < -0.4 is 0 Å². The lowest BCUT2D eigenvalue weighted by Crippen LogP contribution is -2.49. The number of piperazine rings is 1. The molecular weight excluding hydrogens is 318 g/mol. The van der Waals surface area contributed by atoms with E-state index in [4.69, 9.17) is 10.1 Å². The topological polar surface area (TPSA) is 73.7 Å². The summed E-state index contributed by atoms with van der Waals surface area (Å²) in [7, 11) is 0. The average molecular weight is 343 g/mol. The molecule has 0 bridgehead atoms. The van der Waals surface area contributed by atoms with Crippen molar-refractivity contribution in [2.75, 3.05) is 39.3 Å². The fraction of sp³-hybridized carbons (Fsp3) is 0.421. The van der Waals surface area contributed by atoms with E-state index in [2.05, 4.69) is 4.90 Å². The number of benzene rings is 1. The number of carbonyl (C=O) groups excluding carboxylic acids is 2. The summed E-state index contributed by atoms with van der Waals surface area (Å²) in [6.45, 7) is 5.46. The van der Waals surface area contributed by atoms with Crippen molar-refractivity contribution in [1.29, 1.82) is 5.41 Å². The molecule has 1 aliphatic heterocycles. The number of carbonyl (C=O) groups is 2. The molecule has 2 rings (SSSR count). The quantitative estimate of drug-likeness (QED) is 0.466. The van der Waals surface area contributed by atoms with Gasteiger partial charge in [0.1, 0.15) is 6.61 Å². The summed E-state index contributed by atoms with van der Waals surface area (Å²) < 4.78 is 5.10. The van der Waals surface area contributed by atoms with E-state index < -0.39 is 0 Å². The van der Waals surface area contributed by atoms with Crippen molar-refractivity contribution in [2.24, 2.45) is 0 Å². The van der Waals surface area contributed by atoms with E-state index in [1.54, 1.807) is 13.0 Å². The van der Waals surface area contributed by atoms with Crippen LogP contribution in [0.15, 0.2) is 36.4 Å². The highest BCUT2D eigenvalue weighted by Gasteiger charge is 2.19. The fourth-order valence-electron chi connectivity index (χ4n) is 2.59. The average Bonchev–Trinajstić information content (AvgIpc) is 2.60. The fourth-order valence-corrected chi connectivity index (χ4v) is 2.59. The Morgan fingerprint density at radius 2 is 1.84 bits per heavy atom. The Morgan fingerprint density at radius 1 is 1.16 bits per heavy atom. The van der Waals surface area contributed by atoms with Crippen LogP contribution in [0.4, 0.5) is 0 Å². The summed E-state index contributed by atoms with van der Waals surface area (Å²) >= 11 is 0. The molecule has 1 fully saturated rings. The van der Waals surface area contributed by atoms with Gasteiger partial charge < -0.3 is 15.0 Å². The number of esters is 1. The molecule has 6 heteroatoms. The predicted octanol–water partition coefficient (Wildman–Crippen LogP) is 1.82. The van der Waals surface area contributed by atoms with E-state index in [1.165, 1.54) is 0 Å². The van der Waals surface area contributed by atoms with Crippen LogP contribution in [0.5, 0.6) is 0 Å². The largest absolute Gasteiger partial charge is 0.464 e. The van der Waals surface area contributed by atoms with Gasteiger partial charge in [-0.2, -0.15) is 0 Å². The first-order valence-electron chi connectivity index (χ1n) is 8.48. The highest BCUT2D eigenvalue weighted by Crippen LogP contribution is 2.05. The van der Waals surface area contributed by atoms with Gasteiger partial charge in [-0.05, 0) is 18.6 Å². The third kappa shape index (κ3) is 6.89. The van der Waals surface area contributed by atoms with Crippen molar-refractivity contribution < 1.29 is 14.3 Å². The lowest BCUT2D eigenvalue weighted by Gasteiger charge is -2.34. The van der Waals surface area contributed by atoms with E-state index in [-0.39, 0.29) is 18.3 Å². The predicted molar refractivity (Wildman–Crippen MR) is 97.5 cm³/mol. The number of nitrogens with one attached hydrogen (secondary N) is 1. The molecule has 1 saturated heterocycles. The second kappa shape index (κ2) is 9.74. The van der Waals surface area contributed by atoms with Crippen LogP contribution >= 0.6 is 0 Å². The van der Waals surface area contributed by atoms with E-state index in [9.17, 15) is 9.59 Å². The SMILES string of the molecule is CC(=N)CC(=O)OCCN1CCN(C(=O)C=Cc2ccccc2)CC1. The van der Waals surface area contributed by atoms with E-state index in [0.29, 0.717) is 32.0 Å². The smallest absolute Gasteiger partial charge is 0.311 e. The number of rotatable bonds is 7. The van der Waals surface area contributed by atoms with Crippen LogP contribution in [0.2, 0.25) is 0 Å². The van der Waals surface area contributed by atoms with Crippen molar-refractivity contribution in [3.05, 3.63) is 42.0 Å². The summed E-state index contributed by atoms with van der Waals surface area (Å²) in [6, 6.07) is 9.76. The van der Waals surface area contributed by atoms with Gasteiger partial charge in [0.25, 0.3) is 0 Å². The zero-order valence-corrected chi connectivity index (χ0v) is 14.6. The maximum absolute atomic E-state index is 12.2. The van der Waals surface area contributed by atoms with Crippen LogP contribution in [-0.4, -0.2) is 66.7 Å². The van der Waals surface area contributed by atoms with Crippen molar-refractivity contribution in [2.45, 2.75) is 13.3 Å². The number of hydrogen-bond acceptors (Lipinski definition) is 5. The molecule has 134 valence electrons. The zero-order valence-electron chi connectivity index (χ0n) is 14.6. The monoisotopic (exact) mass is 343 g/mol. The van der Waals surface area contributed by atoms with Gasteiger partial charge in [-0.15, -0.1) is 0 Å². The maximum atomic E-state index is 12.2. The van der Waals surface area contributed by atoms with Crippen molar-refractivity contribution >= 4 is 23.7 Å². The Labute approximate surface area is 148 Å². The van der Waals surface area contributed by atoms with Crippen LogP contribution in [-0.2, 0) is 14.3 Å². The summed E-state index contributed by atoms with van der Waals surface area (Å²) in [6.07, 6.45) is 3.50. The van der Waals surface area contributed by atoms with Gasteiger partial charge in [0.15, 0.2) is 0 Å². The maximum Gasteiger partial charge on any atom is 0.311 e. The van der Waals surface area contributed by atoms with Gasteiger partial charge in [0.2, 0.25) is 5.91 Å². The molecular formula is C19H25N3O3. The molecule has 0 atom stereocenters. The van der Waals surface area contributed by atoms with E-state index in [0.717, 1.165) is 18.7 Å². The van der Waals surface area contributed by atoms with Crippen molar-refractivity contribution in [1.82, 2.24) is 9.80 Å². The number of nitrogens with zero attached hydrogens (tertiary/aromatic N) is 2. The van der Waals surface area contributed by atoms with Crippen LogP contribution in [0, 0.1) is 5.41 Å². The van der Waals surface area contributed by atoms with Gasteiger partial charge in [-0.1, -0.05) is 30.3 Å². The minimum Gasteiger partial charge on any atom is -0.464 e. The molecule has 1 aliphatic rings. The second-order valence-electron chi connectivity index (χ2n) is 6.09. The normalized spacial score (nSPS) is 15.3. The molecule has 1 heterocycles. The third-order valence-electron chi connectivity index (χ3n) is 3.98. The molecule has 1 N–H and O–H groups in total. The number of hydrogen-bond donors (Lipinski definition) is 1. The summed E-state index contributed by atoms with van der Waals surface area (Å²) in [5.74, 6) is -0.330. The first kappa shape index (κ1) is 18.9. The Kier molecular flexibility index (Phi) is 7.35. The molecule has 0 radical (unpaired) electrons. The second-order valence-corrected chi connectivity index (χ2v) is 6.09. The molecule has 0 aromatic heterocycles. The standard InChI is InChI=1S/C19H25N3O3/c1-16(20)15-19(24)25-14-13-21-9-11-22(12-10-21)18(23)8-7-17-5-3-2-4-6-17/h2-8,20H,9-15H2,1H3. The van der Waals surface area contributed by atoms with Crippen molar-refractivity contribution in [3.63, 3.8) is 0 Å². The van der Waals surface area contributed by atoms with Gasteiger partial charge >= 0.3 is 5.97 Å². The van der Waals surface area contributed by atoms with Crippen LogP contribution in [0.1, 0.15) is 18.9 Å². The summed E-state index contributed by atoms with van der Waals surface area (Å²) in [5, 5.41) is 7.25. The highest BCUT2D eigenvalue weighted by atomic mass is 16.5. The molecule has 0 aliphatic carbocycles. The Balaban J connectivity index is 1.67. The minimum absolute atomic E-state index is 0.0244. The molecule has 0 spiro atoms. The summed E-state index contributed by atoms with van der Waals surface area (Å²) in [5.41, 5.74) is 1.32. The molecule has 1 aromatic rings. The first-order valence-corrected chi connectivity index (χ1v) is 8.48. The Morgan fingerprint density at radius 3 is 2.48 bits per heavy atom. The zero-order chi connectivity index (χ0) is 18.1. The number of amides is 1. The molecule has 1 amide bonds. The third-order valence-corrected chi connectivity index (χ3v) is 3.98. The molecule has 1 aromatic carbocycles. The van der Waals surface area contributed by atoms with Gasteiger partial charge in [-0.3, -0.25) is 14.5 Å². The minimum atomic E-state index is -0.354. The van der Waals surface area contributed by atoms with Crippen LogP contribution in [0.25, 0.3) is 6.08 Å². The molecule has 25 heavy (non-hydrogen) atoms. The van der Waals surface area contributed by atoms with Crippen LogP contribution in [0.3, 0.4) is 0 Å². The summed E-state index contributed by atoms with van der Waals surface area (Å²) in [4.78, 5) is 27.6. The first-order chi connectivity index (χ1) is 12.0. The molecule has 6 nitrogen and oxygen atoms in total. The number of ether oxygens (including phenoxy) is 1. The Hall–Kier alpha value is -2.47. The molecule has 0 saturated carbocycles. The van der Waals surface area contributed by atoms with E-state index in [1.807, 2.05) is 41.3 Å². The van der Waals surface area contributed by atoms with E-state index >= 15 is 0 Å². The van der Waals surface area contributed by atoms with Crippen molar-refractivity contribution in [3.8, 4) is 0 Å². The highest BCUT2D eigenvalue weighted by molar-refractivity contribution is 5.95. The van der Waals surface area contributed by atoms with Gasteiger partial charge in [0, 0.05) is 44.5 Å². The molecule has 0 unspecified atom stereocenters.